The van der Waals surface area contributed by atoms with Gasteiger partial charge in [-0.25, -0.2) is 0 Å². The monoisotopic (exact) mass is 374 g/mol. The highest BCUT2D eigenvalue weighted by atomic mass is 16.7. The number of rotatable bonds is 5. The number of fused-ring (bicyclic) bond motifs is 1. The second-order valence-electron chi connectivity index (χ2n) is 7.70. The van der Waals surface area contributed by atoms with Gasteiger partial charge in [-0.2, -0.15) is 0 Å². The van der Waals surface area contributed by atoms with Crippen LogP contribution in [0.3, 0.4) is 0 Å². The Morgan fingerprint density at radius 3 is 2.74 bits per heavy atom. The van der Waals surface area contributed by atoms with Gasteiger partial charge in [0.05, 0.1) is 6.54 Å². The molecule has 3 aliphatic heterocycles. The van der Waals surface area contributed by atoms with Crippen molar-refractivity contribution in [1.29, 1.82) is 0 Å². The van der Waals surface area contributed by atoms with E-state index in [9.17, 15) is 4.79 Å². The van der Waals surface area contributed by atoms with Crippen LogP contribution < -0.4 is 14.8 Å². The lowest BCUT2D eigenvalue weighted by Crippen LogP contribution is -2.55. The normalized spacial score (nSPS) is 24.1. The van der Waals surface area contributed by atoms with Crippen molar-refractivity contribution in [2.75, 3.05) is 59.7 Å². The van der Waals surface area contributed by atoms with Crippen molar-refractivity contribution in [1.82, 2.24) is 20.0 Å². The van der Waals surface area contributed by atoms with Crippen LogP contribution in [-0.4, -0.2) is 86.3 Å². The molecule has 7 nitrogen and oxygen atoms in total. The molecule has 1 aromatic carbocycles. The van der Waals surface area contributed by atoms with E-state index in [2.05, 4.69) is 32.1 Å². The standard InChI is InChI=1S/C20H30N4O3/c1-21-20(25)14-23-6-2-3-17(13-23)24-9-7-22(8-10-24)12-16-4-5-18-19(11-16)27-15-26-18/h4-5,11,17H,2-3,6-10,12-15H2,1H3,(H,21,25)/t17-/m0/s1. The van der Waals surface area contributed by atoms with Gasteiger partial charge in [0.1, 0.15) is 0 Å². The quantitative estimate of drug-likeness (QED) is 0.821. The molecule has 1 aromatic rings. The summed E-state index contributed by atoms with van der Waals surface area (Å²) in [5.41, 5.74) is 1.28. The fourth-order valence-corrected chi connectivity index (χ4v) is 4.34. The number of carbonyl (C=O) groups excluding carboxylic acids is 1. The third-order valence-electron chi connectivity index (χ3n) is 5.89. The fraction of sp³-hybridized carbons (Fsp3) is 0.650. The lowest BCUT2D eigenvalue weighted by Gasteiger charge is -2.43. The van der Waals surface area contributed by atoms with Crippen LogP contribution in [0.25, 0.3) is 0 Å². The van der Waals surface area contributed by atoms with E-state index in [0.29, 0.717) is 19.4 Å². The molecule has 148 valence electrons. The molecule has 1 amide bonds. The van der Waals surface area contributed by atoms with Gasteiger partial charge in [-0.3, -0.25) is 19.5 Å². The number of piperidine rings is 1. The van der Waals surface area contributed by atoms with Crippen LogP contribution in [0.15, 0.2) is 18.2 Å². The minimum absolute atomic E-state index is 0.115. The maximum absolute atomic E-state index is 11.7. The SMILES string of the molecule is CNC(=O)CN1CCC[C@H](N2CCN(Cc3ccc4c(c3)OCO4)CC2)C1. The number of benzene rings is 1. The summed E-state index contributed by atoms with van der Waals surface area (Å²) in [4.78, 5) is 19.1. The summed E-state index contributed by atoms with van der Waals surface area (Å²) in [5, 5.41) is 2.73. The molecule has 7 heteroatoms. The van der Waals surface area contributed by atoms with Crippen molar-refractivity contribution in [2.45, 2.75) is 25.4 Å². The Bertz CT molecular complexity index is 661. The Balaban J connectivity index is 1.25. The van der Waals surface area contributed by atoms with Gasteiger partial charge in [-0.05, 0) is 37.1 Å². The van der Waals surface area contributed by atoms with Crippen molar-refractivity contribution in [3.8, 4) is 11.5 Å². The zero-order chi connectivity index (χ0) is 18.6. The molecule has 3 aliphatic rings. The Morgan fingerprint density at radius 2 is 1.93 bits per heavy atom. The number of nitrogens with zero attached hydrogens (tertiary/aromatic N) is 3. The summed E-state index contributed by atoms with van der Waals surface area (Å²) in [5.74, 6) is 1.83. The summed E-state index contributed by atoms with van der Waals surface area (Å²) in [6.07, 6.45) is 2.42. The minimum Gasteiger partial charge on any atom is -0.454 e. The van der Waals surface area contributed by atoms with Gasteiger partial charge in [0.25, 0.3) is 0 Å². The van der Waals surface area contributed by atoms with Crippen molar-refractivity contribution < 1.29 is 14.3 Å². The Labute approximate surface area is 161 Å². The van der Waals surface area contributed by atoms with E-state index in [1.54, 1.807) is 7.05 Å². The Kier molecular flexibility index (Phi) is 5.80. The molecule has 0 aliphatic carbocycles. The molecule has 4 rings (SSSR count). The second-order valence-corrected chi connectivity index (χ2v) is 7.70. The molecule has 2 saturated heterocycles. The summed E-state index contributed by atoms with van der Waals surface area (Å²) >= 11 is 0. The van der Waals surface area contributed by atoms with E-state index in [-0.39, 0.29) is 5.91 Å². The molecule has 2 fully saturated rings. The number of piperazine rings is 1. The molecule has 0 bridgehead atoms. The third kappa shape index (κ3) is 4.54. The first-order chi connectivity index (χ1) is 13.2. The van der Waals surface area contributed by atoms with Crippen molar-refractivity contribution >= 4 is 5.91 Å². The predicted molar refractivity (Wildman–Crippen MR) is 103 cm³/mol. The van der Waals surface area contributed by atoms with E-state index >= 15 is 0 Å². The van der Waals surface area contributed by atoms with Crippen LogP contribution in [0.4, 0.5) is 0 Å². The molecule has 0 unspecified atom stereocenters. The molecular weight excluding hydrogens is 344 g/mol. The largest absolute Gasteiger partial charge is 0.454 e. The number of hydrogen-bond acceptors (Lipinski definition) is 6. The van der Waals surface area contributed by atoms with E-state index in [1.165, 1.54) is 18.4 Å². The van der Waals surface area contributed by atoms with Crippen LogP contribution in [0.2, 0.25) is 0 Å². The summed E-state index contributed by atoms with van der Waals surface area (Å²) in [6, 6.07) is 6.83. The highest BCUT2D eigenvalue weighted by molar-refractivity contribution is 5.77. The van der Waals surface area contributed by atoms with Crippen LogP contribution in [-0.2, 0) is 11.3 Å². The number of likely N-dealkylation sites (tertiary alicyclic amines) is 1. The first-order valence-electron chi connectivity index (χ1n) is 9.99. The molecular formula is C20H30N4O3. The number of likely N-dealkylation sites (N-methyl/N-ethyl adjacent to an activating group) is 1. The van der Waals surface area contributed by atoms with Gasteiger partial charge in [0.15, 0.2) is 11.5 Å². The van der Waals surface area contributed by atoms with Crippen molar-refractivity contribution in [3.63, 3.8) is 0 Å². The number of amides is 1. The Hall–Kier alpha value is -1.83. The summed E-state index contributed by atoms with van der Waals surface area (Å²) in [6.45, 7) is 8.22. The minimum atomic E-state index is 0.115. The van der Waals surface area contributed by atoms with Gasteiger partial charge in [0.2, 0.25) is 12.7 Å². The molecule has 1 N–H and O–H groups in total. The predicted octanol–water partition coefficient (Wildman–Crippen LogP) is 0.743. The highest BCUT2D eigenvalue weighted by Crippen LogP contribution is 2.33. The summed E-state index contributed by atoms with van der Waals surface area (Å²) in [7, 11) is 1.71. The van der Waals surface area contributed by atoms with Gasteiger partial charge in [0, 0.05) is 52.4 Å². The molecule has 27 heavy (non-hydrogen) atoms. The lowest BCUT2D eigenvalue weighted by molar-refractivity contribution is -0.122. The zero-order valence-corrected chi connectivity index (χ0v) is 16.2. The molecule has 1 atom stereocenters. The number of nitrogens with one attached hydrogen (secondary N) is 1. The maximum Gasteiger partial charge on any atom is 0.233 e. The van der Waals surface area contributed by atoms with Crippen molar-refractivity contribution in [2.24, 2.45) is 0 Å². The third-order valence-corrected chi connectivity index (χ3v) is 5.89. The fourth-order valence-electron chi connectivity index (χ4n) is 4.34. The van der Waals surface area contributed by atoms with Crippen LogP contribution in [0, 0.1) is 0 Å². The van der Waals surface area contributed by atoms with E-state index < -0.39 is 0 Å². The smallest absolute Gasteiger partial charge is 0.233 e. The average molecular weight is 374 g/mol. The molecule has 0 saturated carbocycles. The molecule has 3 heterocycles. The van der Waals surface area contributed by atoms with Crippen LogP contribution >= 0.6 is 0 Å². The Morgan fingerprint density at radius 1 is 1.11 bits per heavy atom. The van der Waals surface area contributed by atoms with Crippen LogP contribution in [0.5, 0.6) is 11.5 Å². The highest BCUT2D eigenvalue weighted by Gasteiger charge is 2.28. The van der Waals surface area contributed by atoms with E-state index in [0.717, 1.165) is 57.3 Å². The first-order valence-corrected chi connectivity index (χ1v) is 9.99. The van der Waals surface area contributed by atoms with Gasteiger partial charge < -0.3 is 14.8 Å². The molecule has 0 spiro atoms. The van der Waals surface area contributed by atoms with E-state index in [4.69, 9.17) is 9.47 Å². The number of carbonyl (C=O) groups is 1. The van der Waals surface area contributed by atoms with Gasteiger partial charge >= 0.3 is 0 Å². The first kappa shape index (κ1) is 18.5. The number of hydrogen-bond donors (Lipinski definition) is 1. The van der Waals surface area contributed by atoms with Gasteiger partial charge in [-0.15, -0.1) is 0 Å². The maximum atomic E-state index is 11.7. The molecule has 0 radical (unpaired) electrons. The summed E-state index contributed by atoms with van der Waals surface area (Å²) < 4.78 is 10.9. The topological polar surface area (TPSA) is 57.3 Å². The van der Waals surface area contributed by atoms with Crippen LogP contribution in [0.1, 0.15) is 18.4 Å². The molecule has 0 aromatic heterocycles. The zero-order valence-electron chi connectivity index (χ0n) is 16.2. The van der Waals surface area contributed by atoms with E-state index in [1.807, 2.05) is 6.07 Å². The lowest BCUT2D eigenvalue weighted by atomic mass is 10.0. The number of ether oxygens (including phenoxy) is 2. The average Bonchev–Trinajstić information content (AvgIpc) is 3.16. The van der Waals surface area contributed by atoms with Crippen molar-refractivity contribution in [3.05, 3.63) is 23.8 Å². The second kappa shape index (κ2) is 8.46. The van der Waals surface area contributed by atoms with Gasteiger partial charge in [-0.1, -0.05) is 6.07 Å².